The van der Waals surface area contributed by atoms with Gasteiger partial charge in [0, 0.05) is 0 Å². The van der Waals surface area contributed by atoms with E-state index in [2.05, 4.69) is 13.8 Å². The molecule has 1 aliphatic rings. The van der Waals surface area contributed by atoms with E-state index in [9.17, 15) is 9.59 Å². The Labute approximate surface area is 91.1 Å². The van der Waals surface area contributed by atoms with Crippen molar-refractivity contribution in [2.24, 2.45) is 11.3 Å². The van der Waals surface area contributed by atoms with E-state index in [0.717, 1.165) is 6.42 Å². The van der Waals surface area contributed by atoms with E-state index in [-0.39, 0.29) is 22.9 Å². The molecule has 1 atom stereocenters. The summed E-state index contributed by atoms with van der Waals surface area (Å²) in [4.78, 5) is 21.9. The van der Waals surface area contributed by atoms with Gasteiger partial charge in [0.2, 0.25) is 0 Å². The summed E-state index contributed by atoms with van der Waals surface area (Å²) in [6, 6.07) is 0. The lowest BCUT2D eigenvalue weighted by Gasteiger charge is -2.20. The summed E-state index contributed by atoms with van der Waals surface area (Å²) >= 11 is 0. The lowest BCUT2D eigenvalue weighted by Crippen LogP contribution is -2.12. The van der Waals surface area contributed by atoms with Crippen LogP contribution in [0, 0.1) is 11.3 Å². The molecule has 2 heteroatoms. The van der Waals surface area contributed by atoms with Gasteiger partial charge in [-0.15, -0.1) is 0 Å². The highest BCUT2D eigenvalue weighted by molar-refractivity contribution is 5.88. The van der Waals surface area contributed by atoms with Crippen molar-refractivity contribution in [1.29, 1.82) is 0 Å². The maximum atomic E-state index is 11.1. The van der Waals surface area contributed by atoms with Gasteiger partial charge in [0.1, 0.15) is 5.78 Å². The van der Waals surface area contributed by atoms with Crippen molar-refractivity contribution in [3.05, 3.63) is 23.8 Å². The Hall–Kier alpha value is -1.18. The molecule has 0 heterocycles. The Morgan fingerprint density at radius 2 is 2.00 bits per heavy atom. The molecule has 2 nitrogen and oxygen atoms in total. The highest BCUT2D eigenvalue weighted by atomic mass is 16.1. The maximum Gasteiger partial charge on any atom is 0.152 e. The number of carbonyl (C=O) groups is 2. The zero-order valence-electron chi connectivity index (χ0n) is 9.83. The molecular weight excluding hydrogens is 188 g/mol. The van der Waals surface area contributed by atoms with E-state index in [4.69, 9.17) is 0 Å². The van der Waals surface area contributed by atoms with Gasteiger partial charge in [-0.25, -0.2) is 0 Å². The van der Waals surface area contributed by atoms with Crippen LogP contribution in [0.3, 0.4) is 0 Å². The van der Waals surface area contributed by atoms with Crippen LogP contribution in [0.4, 0.5) is 0 Å². The van der Waals surface area contributed by atoms with Gasteiger partial charge in [-0.1, -0.05) is 31.6 Å². The van der Waals surface area contributed by atoms with Crippen LogP contribution < -0.4 is 0 Å². The van der Waals surface area contributed by atoms with E-state index >= 15 is 0 Å². The fraction of sp³-hybridized carbons (Fsp3) is 0.538. The summed E-state index contributed by atoms with van der Waals surface area (Å²) in [7, 11) is 0. The molecule has 15 heavy (non-hydrogen) atoms. The number of rotatable bonds is 5. The molecule has 0 aromatic heterocycles. The topological polar surface area (TPSA) is 34.1 Å². The zero-order chi connectivity index (χ0) is 11.6. The van der Waals surface area contributed by atoms with Gasteiger partial charge in [0.15, 0.2) is 5.78 Å². The molecule has 0 amide bonds. The molecule has 0 aromatic rings. The fourth-order valence-electron chi connectivity index (χ4n) is 1.75. The molecule has 1 aliphatic carbocycles. The summed E-state index contributed by atoms with van der Waals surface area (Å²) < 4.78 is 0. The Bertz CT molecular complexity index is 346. The second-order valence-electron chi connectivity index (χ2n) is 4.81. The van der Waals surface area contributed by atoms with Crippen LogP contribution in [0.1, 0.15) is 34.1 Å². The normalized spacial score (nSPS) is 20.3. The molecular formula is C13H18O2. The minimum atomic E-state index is 0.00227. The Balaban J connectivity index is 2.51. The molecule has 0 spiro atoms. The fourth-order valence-corrected chi connectivity index (χ4v) is 1.75. The first-order chi connectivity index (χ1) is 6.84. The number of allylic oxidation sites excluding steroid dienone is 4. The first-order valence-corrected chi connectivity index (χ1v) is 5.24. The highest BCUT2D eigenvalue weighted by Crippen LogP contribution is 2.46. The van der Waals surface area contributed by atoms with E-state index in [1.165, 1.54) is 12.5 Å². The van der Waals surface area contributed by atoms with Crippen LogP contribution >= 0.6 is 0 Å². The second kappa shape index (κ2) is 4.13. The minimum absolute atomic E-state index is 0.00227. The first kappa shape index (κ1) is 11.9. The second-order valence-corrected chi connectivity index (χ2v) is 4.81. The molecule has 1 rings (SSSR count). The van der Waals surface area contributed by atoms with Crippen LogP contribution in [0.15, 0.2) is 23.8 Å². The standard InChI is InChI=1S/C13H18O2/c1-9(14)6-5-7-13(3,4)12-8-11(12)10(2)15/h5-6,8,11H,7H2,1-4H3/b6-5+. The third-order valence-corrected chi connectivity index (χ3v) is 2.77. The Morgan fingerprint density at radius 3 is 2.40 bits per heavy atom. The van der Waals surface area contributed by atoms with Crippen LogP contribution in [0.2, 0.25) is 0 Å². The molecule has 0 bridgehead atoms. The molecule has 0 aliphatic heterocycles. The lowest BCUT2D eigenvalue weighted by atomic mass is 9.83. The average Bonchev–Trinajstić information content (AvgIpc) is 2.80. The van der Waals surface area contributed by atoms with Crippen molar-refractivity contribution in [2.45, 2.75) is 34.1 Å². The van der Waals surface area contributed by atoms with Gasteiger partial charge in [-0.3, -0.25) is 9.59 Å². The average molecular weight is 206 g/mol. The van der Waals surface area contributed by atoms with E-state index in [1.807, 2.05) is 12.2 Å². The molecule has 0 saturated heterocycles. The number of hydrogen-bond donors (Lipinski definition) is 0. The Kier molecular flexibility index (Phi) is 3.28. The van der Waals surface area contributed by atoms with Gasteiger partial charge in [0.25, 0.3) is 0 Å². The third-order valence-electron chi connectivity index (χ3n) is 2.77. The van der Waals surface area contributed by atoms with E-state index in [0.29, 0.717) is 0 Å². The van der Waals surface area contributed by atoms with Crippen LogP contribution in [-0.2, 0) is 9.59 Å². The quantitative estimate of drug-likeness (QED) is 0.512. The van der Waals surface area contributed by atoms with Crippen LogP contribution in [0.5, 0.6) is 0 Å². The molecule has 0 N–H and O–H groups in total. The van der Waals surface area contributed by atoms with Crippen LogP contribution in [0.25, 0.3) is 0 Å². The van der Waals surface area contributed by atoms with Crippen molar-refractivity contribution in [3.63, 3.8) is 0 Å². The van der Waals surface area contributed by atoms with Crippen molar-refractivity contribution < 1.29 is 9.59 Å². The number of hydrogen-bond acceptors (Lipinski definition) is 2. The number of ketones is 2. The molecule has 0 saturated carbocycles. The van der Waals surface area contributed by atoms with Crippen molar-refractivity contribution in [3.8, 4) is 0 Å². The monoisotopic (exact) mass is 206 g/mol. The van der Waals surface area contributed by atoms with Crippen molar-refractivity contribution >= 4 is 11.6 Å². The molecule has 1 unspecified atom stereocenters. The third kappa shape index (κ3) is 3.15. The predicted molar refractivity (Wildman–Crippen MR) is 60.5 cm³/mol. The zero-order valence-corrected chi connectivity index (χ0v) is 9.83. The van der Waals surface area contributed by atoms with Gasteiger partial charge >= 0.3 is 0 Å². The summed E-state index contributed by atoms with van der Waals surface area (Å²) in [5.74, 6) is 0.345. The molecule has 0 radical (unpaired) electrons. The predicted octanol–water partition coefficient (Wildman–Crippen LogP) is 2.69. The first-order valence-electron chi connectivity index (χ1n) is 5.24. The number of carbonyl (C=O) groups excluding carboxylic acids is 2. The molecule has 0 aromatic carbocycles. The van der Waals surface area contributed by atoms with Gasteiger partial charge in [0.05, 0.1) is 5.92 Å². The molecule has 82 valence electrons. The summed E-state index contributed by atoms with van der Waals surface area (Å²) in [6.07, 6.45) is 6.30. The van der Waals surface area contributed by atoms with Gasteiger partial charge in [-0.2, -0.15) is 0 Å². The van der Waals surface area contributed by atoms with Gasteiger partial charge in [-0.05, 0) is 31.8 Å². The molecule has 0 fully saturated rings. The maximum absolute atomic E-state index is 11.1. The SMILES string of the molecule is CC(=O)/C=C/CC(C)(C)C1=CC1C(C)=O. The smallest absolute Gasteiger partial charge is 0.152 e. The summed E-state index contributed by atoms with van der Waals surface area (Å²) in [5, 5.41) is 0. The largest absolute Gasteiger partial charge is 0.299 e. The number of Topliss-reactive ketones (excluding diaryl/α,β-unsaturated/α-hetero) is 1. The van der Waals surface area contributed by atoms with Crippen molar-refractivity contribution in [1.82, 2.24) is 0 Å². The van der Waals surface area contributed by atoms with Crippen LogP contribution in [-0.4, -0.2) is 11.6 Å². The van der Waals surface area contributed by atoms with E-state index in [1.54, 1.807) is 13.0 Å². The minimum Gasteiger partial charge on any atom is -0.299 e. The summed E-state index contributed by atoms with van der Waals surface area (Å²) in [6.45, 7) is 7.37. The van der Waals surface area contributed by atoms with Crippen molar-refractivity contribution in [2.75, 3.05) is 0 Å². The highest BCUT2D eigenvalue weighted by Gasteiger charge is 2.38. The Morgan fingerprint density at radius 1 is 1.40 bits per heavy atom. The van der Waals surface area contributed by atoms with E-state index < -0.39 is 0 Å². The van der Waals surface area contributed by atoms with Gasteiger partial charge < -0.3 is 0 Å². The summed E-state index contributed by atoms with van der Waals surface area (Å²) in [5.41, 5.74) is 1.21. The lowest BCUT2D eigenvalue weighted by molar-refractivity contribution is -0.118.